The molecule has 0 bridgehead atoms. The minimum absolute atomic E-state index is 0.139. The zero-order valence-electron chi connectivity index (χ0n) is 14.6. The Bertz CT molecular complexity index is 578. The maximum atomic E-state index is 5.84. The summed E-state index contributed by atoms with van der Waals surface area (Å²) in [5, 5.41) is 0. The van der Waals surface area contributed by atoms with Crippen molar-refractivity contribution in [3.05, 3.63) is 35.4 Å². The van der Waals surface area contributed by atoms with E-state index in [0.29, 0.717) is 12.7 Å². The van der Waals surface area contributed by atoms with E-state index in [-0.39, 0.29) is 5.60 Å². The Morgan fingerprint density at radius 3 is 3.09 bits per heavy atom. The molecule has 2 heterocycles. The summed E-state index contributed by atoms with van der Waals surface area (Å²) < 4.78 is 17.3. The van der Waals surface area contributed by atoms with Crippen LogP contribution in [0.4, 0.5) is 0 Å². The molecule has 2 unspecified atom stereocenters. The number of hydrogen-bond acceptors (Lipinski definition) is 3. The molecule has 1 fully saturated rings. The molecule has 0 aromatic heterocycles. The third-order valence-corrected chi connectivity index (χ3v) is 5.11. The molecule has 1 aromatic rings. The average molecular weight is 316 g/mol. The highest BCUT2D eigenvalue weighted by Gasteiger charge is 2.49. The summed E-state index contributed by atoms with van der Waals surface area (Å²) in [6, 6.07) is 6.18. The number of aryl methyl sites for hydroxylation is 1. The van der Waals surface area contributed by atoms with Gasteiger partial charge in [-0.1, -0.05) is 18.6 Å². The molecule has 1 aromatic carbocycles. The Morgan fingerprint density at radius 2 is 2.30 bits per heavy atom. The lowest BCUT2D eigenvalue weighted by Gasteiger charge is -2.17. The standard InChI is InChI=1S/C20H28O3/c1-4-20(3)19(23-20)10-7-15(2)11-13-21-17-9-8-16-6-5-12-22-18(16)14-17/h8-9,11,14,19H,4-7,10,12-13H2,1-3H3. The lowest BCUT2D eigenvalue weighted by molar-refractivity contribution is 0.284. The molecular formula is C20H28O3. The summed E-state index contributed by atoms with van der Waals surface area (Å²) in [4.78, 5) is 0. The first-order valence-corrected chi connectivity index (χ1v) is 8.83. The first-order valence-electron chi connectivity index (χ1n) is 8.83. The molecule has 3 heteroatoms. The monoisotopic (exact) mass is 316 g/mol. The molecule has 0 N–H and O–H groups in total. The first-order chi connectivity index (χ1) is 11.1. The maximum absolute atomic E-state index is 5.84. The number of epoxide rings is 1. The van der Waals surface area contributed by atoms with Crippen molar-refractivity contribution in [2.75, 3.05) is 13.2 Å². The van der Waals surface area contributed by atoms with Crippen LogP contribution in [0.1, 0.15) is 52.0 Å². The Hall–Kier alpha value is -1.48. The van der Waals surface area contributed by atoms with Crippen LogP contribution in [0, 0.1) is 0 Å². The zero-order valence-corrected chi connectivity index (χ0v) is 14.6. The molecule has 0 amide bonds. The fourth-order valence-corrected chi connectivity index (χ4v) is 3.12. The number of allylic oxidation sites excluding steroid dienone is 1. The van der Waals surface area contributed by atoms with Crippen molar-refractivity contribution in [3.63, 3.8) is 0 Å². The number of fused-ring (bicyclic) bond motifs is 1. The van der Waals surface area contributed by atoms with Crippen LogP contribution in [0.15, 0.2) is 29.8 Å². The molecule has 126 valence electrons. The first kappa shape index (κ1) is 16.4. The minimum Gasteiger partial charge on any atom is -0.493 e. The van der Waals surface area contributed by atoms with Crippen molar-refractivity contribution in [1.29, 1.82) is 0 Å². The van der Waals surface area contributed by atoms with Crippen LogP contribution in [0.2, 0.25) is 0 Å². The fraction of sp³-hybridized carbons (Fsp3) is 0.600. The summed E-state index contributed by atoms with van der Waals surface area (Å²) in [5.41, 5.74) is 2.80. The van der Waals surface area contributed by atoms with E-state index in [1.54, 1.807) is 0 Å². The van der Waals surface area contributed by atoms with Gasteiger partial charge in [-0.05, 0) is 63.7 Å². The van der Waals surface area contributed by atoms with Crippen LogP contribution < -0.4 is 9.47 Å². The van der Waals surface area contributed by atoms with Gasteiger partial charge in [-0.25, -0.2) is 0 Å². The van der Waals surface area contributed by atoms with Crippen molar-refractivity contribution in [3.8, 4) is 11.5 Å². The highest BCUT2D eigenvalue weighted by Crippen LogP contribution is 2.42. The lowest BCUT2D eigenvalue weighted by atomic mass is 9.99. The van der Waals surface area contributed by atoms with E-state index in [2.05, 4.69) is 32.9 Å². The van der Waals surface area contributed by atoms with Crippen LogP contribution in [0.25, 0.3) is 0 Å². The van der Waals surface area contributed by atoms with E-state index in [1.165, 1.54) is 11.1 Å². The van der Waals surface area contributed by atoms with E-state index in [9.17, 15) is 0 Å². The Kier molecular flexibility index (Phi) is 4.96. The van der Waals surface area contributed by atoms with Crippen molar-refractivity contribution in [1.82, 2.24) is 0 Å². The van der Waals surface area contributed by atoms with Gasteiger partial charge < -0.3 is 14.2 Å². The van der Waals surface area contributed by atoms with Gasteiger partial charge in [0.25, 0.3) is 0 Å². The fourth-order valence-electron chi connectivity index (χ4n) is 3.12. The third kappa shape index (κ3) is 4.08. The molecule has 2 aliphatic rings. The highest BCUT2D eigenvalue weighted by molar-refractivity contribution is 5.41. The quantitative estimate of drug-likeness (QED) is 0.540. The molecule has 1 saturated heterocycles. The Labute approximate surface area is 139 Å². The summed E-state index contributed by atoms with van der Waals surface area (Å²) >= 11 is 0. The summed E-state index contributed by atoms with van der Waals surface area (Å²) in [7, 11) is 0. The molecular weight excluding hydrogens is 288 g/mol. The molecule has 0 spiro atoms. The van der Waals surface area contributed by atoms with Crippen LogP contribution in [-0.2, 0) is 11.2 Å². The number of hydrogen-bond donors (Lipinski definition) is 0. The molecule has 3 rings (SSSR count). The van der Waals surface area contributed by atoms with Crippen LogP contribution >= 0.6 is 0 Å². The summed E-state index contributed by atoms with van der Waals surface area (Å²) in [6.07, 6.45) is 8.12. The minimum atomic E-state index is 0.139. The van der Waals surface area contributed by atoms with Gasteiger partial charge in [0.05, 0.1) is 18.3 Å². The molecule has 0 aliphatic carbocycles. The zero-order chi connectivity index (χ0) is 16.3. The van der Waals surface area contributed by atoms with E-state index in [1.807, 2.05) is 12.1 Å². The predicted octanol–water partition coefficient (Wildman–Crippen LogP) is 4.68. The van der Waals surface area contributed by atoms with Crippen LogP contribution in [0.5, 0.6) is 11.5 Å². The second kappa shape index (κ2) is 6.96. The summed E-state index contributed by atoms with van der Waals surface area (Å²) in [5.74, 6) is 1.87. The Morgan fingerprint density at radius 1 is 1.43 bits per heavy atom. The predicted molar refractivity (Wildman–Crippen MR) is 92.3 cm³/mol. The molecule has 0 radical (unpaired) electrons. The number of ether oxygens (including phenoxy) is 3. The number of benzene rings is 1. The van der Waals surface area contributed by atoms with E-state index < -0.39 is 0 Å². The smallest absolute Gasteiger partial charge is 0.126 e. The maximum Gasteiger partial charge on any atom is 0.126 e. The van der Waals surface area contributed by atoms with E-state index in [0.717, 1.165) is 50.2 Å². The molecule has 2 aliphatic heterocycles. The SMILES string of the molecule is CCC1(C)OC1CCC(C)=CCOc1ccc2c(c1)OCCC2. The van der Waals surface area contributed by atoms with Gasteiger partial charge in [0.1, 0.15) is 18.1 Å². The van der Waals surface area contributed by atoms with E-state index >= 15 is 0 Å². The van der Waals surface area contributed by atoms with Gasteiger partial charge >= 0.3 is 0 Å². The van der Waals surface area contributed by atoms with Crippen LogP contribution in [0.3, 0.4) is 0 Å². The number of rotatable bonds is 7. The molecule has 0 saturated carbocycles. The normalized spacial score (nSPS) is 26.4. The third-order valence-electron chi connectivity index (χ3n) is 5.11. The van der Waals surface area contributed by atoms with Gasteiger partial charge in [0.15, 0.2) is 0 Å². The largest absolute Gasteiger partial charge is 0.493 e. The van der Waals surface area contributed by atoms with E-state index in [4.69, 9.17) is 14.2 Å². The van der Waals surface area contributed by atoms with Gasteiger partial charge in [-0.15, -0.1) is 0 Å². The Balaban J connectivity index is 1.43. The van der Waals surface area contributed by atoms with Crippen LogP contribution in [-0.4, -0.2) is 24.9 Å². The summed E-state index contributed by atoms with van der Waals surface area (Å²) in [6.45, 7) is 8.00. The van der Waals surface area contributed by atoms with Gasteiger partial charge in [-0.3, -0.25) is 0 Å². The van der Waals surface area contributed by atoms with Crippen molar-refractivity contribution >= 4 is 0 Å². The average Bonchev–Trinajstić information content (AvgIpc) is 3.24. The molecule has 3 nitrogen and oxygen atoms in total. The molecule has 23 heavy (non-hydrogen) atoms. The lowest BCUT2D eigenvalue weighted by Crippen LogP contribution is -2.08. The molecule has 2 atom stereocenters. The van der Waals surface area contributed by atoms with Crippen molar-refractivity contribution in [2.24, 2.45) is 0 Å². The second-order valence-corrected chi connectivity index (χ2v) is 6.89. The van der Waals surface area contributed by atoms with Crippen molar-refractivity contribution < 1.29 is 14.2 Å². The highest BCUT2D eigenvalue weighted by atomic mass is 16.6. The second-order valence-electron chi connectivity index (χ2n) is 6.89. The van der Waals surface area contributed by atoms with Gasteiger partial charge in [-0.2, -0.15) is 0 Å². The van der Waals surface area contributed by atoms with Gasteiger partial charge in [0, 0.05) is 6.07 Å². The van der Waals surface area contributed by atoms with Crippen molar-refractivity contribution in [2.45, 2.75) is 64.6 Å². The van der Waals surface area contributed by atoms with Gasteiger partial charge in [0.2, 0.25) is 0 Å². The topological polar surface area (TPSA) is 31.0 Å².